The van der Waals surface area contributed by atoms with Crippen LogP contribution in [0.2, 0.25) is 0 Å². The van der Waals surface area contributed by atoms with Gasteiger partial charge in [0.15, 0.2) is 17.4 Å². The average Bonchev–Trinajstić information content (AvgIpc) is 2.65. The minimum absolute atomic E-state index is 0.146. The first kappa shape index (κ1) is 20.2. The zero-order chi connectivity index (χ0) is 20.3. The number of para-hydroxylation sites is 1. The number of aromatic nitrogens is 1. The summed E-state index contributed by atoms with van der Waals surface area (Å²) in [6.45, 7) is 6.03. The lowest BCUT2D eigenvalue weighted by Crippen LogP contribution is -2.40. The van der Waals surface area contributed by atoms with Crippen molar-refractivity contribution in [3.8, 4) is 0 Å². The van der Waals surface area contributed by atoms with Gasteiger partial charge in [0.1, 0.15) is 0 Å². The minimum Gasteiger partial charge on any atom is -0.867 e. The summed E-state index contributed by atoms with van der Waals surface area (Å²) >= 11 is 9.20. The summed E-state index contributed by atoms with van der Waals surface area (Å²) in [6.07, 6.45) is 3.75. The molecule has 0 aliphatic carbocycles. The SMILES string of the molecule is Cc1ccc[n+](/C(C(=S)Nc2c(C)cccc2C)=C(/[O-])c2ccccc2Br)c1. The number of thiocarbonyl (C=S) groups is 1. The molecule has 0 bridgehead atoms. The Balaban J connectivity index is 2.15. The van der Waals surface area contributed by atoms with E-state index in [1.165, 1.54) is 0 Å². The number of pyridine rings is 1. The molecule has 0 fully saturated rings. The maximum atomic E-state index is 13.5. The molecule has 28 heavy (non-hydrogen) atoms. The van der Waals surface area contributed by atoms with E-state index >= 15 is 0 Å². The van der Waals surface area contributed by atoms with Crippen LogP contribution in [0.5, 0.6) is 0 Å². The Labute approximate surface area is 179 Å². The second-order valence-electron chi connectivity index (χ2n) is 6.67. The van der Waals surface area contributed by atoms with E-state index in [0.29, 0.717) is 16.2 Å². The fourth-order valence-electron chi connectivity index (χ4n) is 3.03. The molecule has 1 N–H and O–H groups in total. The molecule has 5 heteroatoms. The van der Waals surface area contributed by atoms with Crippen molar-refractivity contribution >= 4 is 50.3 Å². The van der Waals surface area contributed by atoms with Crippen LogP contribution in [0.3, 0.4) is 0 Å². The molecule has 0 aliphatic rings. The van der Waals surface area contributed by atoms with Crippen LogP contribution in [0, 0.1) is 20.8 Å². The van der Waals surface area contributed by atoms with Crippen molar-refractivity contribution in [2.24, 2.45) is 0 Å². The summed E-state index contributed by atoms with van der Waals surface area (Å²) in [7, 11) is 0. The number of benzene rings is 2. The fourth-order valence-corrected chi connectivity index (χ4v) is 3.79. The van der Waals surface area contributed by atoms with Crippen LogP contribution in [0.4, 0.5) is 5.69 Å². The monoisotopic (exact) mass is 452 g/mol. The second kappa shape index (κ2) is 8.67. The molecule has 0 atom stereocenters. The number of nitrogens with one attached hydrogen (secondary N) is 1. The van der Waals surface area contributed by atoms with E-state index in [2.05, 4.69) is 21.2 Å². The molecule has 142 valence electrons. The first-order valence-electron chi connectivity index (χ1n) is 8.90. The minimum atomic E-state index is -0.146. The third kappa shape index (κ3) is 4.32. The van der Waals surface area contributed by atoms with Crippen LogP contribution in [-0.4, -0.2) is 4.99 Å². The zero-order valence-corrected chi connectivity index (χ0v) is 18.4. The standard InChI is InChI=1S/C23H21BrN2OS/c1-15-8-7-13-26(14-15)21(22(27)18-11-4-5-12-19(18)24)23(28)25-20-16(2)9-6-10-17(20)3/h4-14H,1-3H3,(H-,25,27,28). The van der Waals surface area contributed by atoms with Crippen molar-refractivity contribution in [2.45, 2.75) is 20.8 Å². The lowest BCUT2D eigenvalue weighted by molar-refractivity contribution is -0.578. The average molecular weight is 453 g/mol. The molecule has 0 spiro atoms. The van der Waals surface area contributed by atoms with Crippen molar-refractivity contribution in [3.63, 3.8) is 0 Å². The number of aryl methyl sites for hydroxylation is 3. The predicted molar refractivity (Wildman–Crippen MR) is 121 cm³/mol. The molecule has 3 aromatic rings. The molecule has 0 unspecified atom stereocenters. The summed E-state index contributed by atoms with van der Waals surface area (Å²) in [5.74, 6) is -0.146. The Morgan fingerprint density at radius 1 is 0.964 bits per heavy atom. The molecule has 0 radical (unpaired) electrons. The van der Waals surface area contributed by atoms with E-state index < -0.39 is 0 Å². The van der Waals surface area contributed by atoms with Gasteiger partial charge >= 0.3 is 0 Å². The number of hydrogen-bond acceptors (Lipinski definition) is 2. The van der Waals surface area contributed by atoms with Gasteiger partial charge in [-0.25, -0.2) is 0 Å². The second-order valence-corrected chi connectivity index (χ2v) is 7.93. The molecule has 0 amide bonds. The summed E-state index contributed by atoms with van der Waals surface area (Å²) < 4.78 is 2.53. The van der Waals surface area contributed by atoms with Crippen LogP contribution in [-0.2, 0) is 0 Å². The van der Waals surface area contributed by atoms with Gasteiger partial charge in [0.2, 0.25) is 5.70 Å². The van der Waals surface area contributed by atoms with Gasteiger partial charge in [-0.15, -0.1) is 0 Å². The third-order valence-electron chi connectivity index (χ3n) is 4.47. The Hall–Kier alpha value is -2.50. The maximum absolute atomic E-state index is 13.5. The van der Waals surface area contributed by atoms with Crippen molar-refractivity contribution in [1.82, 2.24) is 0 Å². The van der Waals surface area contributed by atoms with E-state index in [1.54, 1.807) is 10.6 Å². The number of hydrogen-bond donors (Lipinski definition) is 1. The quantitative estimate of drug-likeness (QED) is 0.267. The van der Waals surface area contributed by atoms with Gasteiger partial charge in [0.25, 0.3) is 0 Å². The molecule has 2 aromatic carbocycles. The molecule has 3 rings (SSSR count). The maximum Gasteiger partial charge on any atom is 0.238 e. The molecular weight excluding hydrogens is 432 g/mol. The van der Waals surface area contributed by atoms with Gasteiger partial charge in [0.05, 0.1) is 0 Å². The van der Waals surface area contributed by atoms with Crippen LogP contribution in [0.25, 0.3) is 11.5 Å². The number of nitrogens with zero attached hydrogens (tertiary/aromatic N) is 1. The number of anilines is 1. The van der Waals surface area contributed by atoms with Crippen molar-refractivity contribution in [1.29, 1.82) is 0 Å². The molecule has 1 aromatic heterocycles. The fraction of sp³-hybridized carbons (Fsp3) is 0.130. The van der Waals surface area contributed by atoms with E-state index in [0.717, 1.165) is 26.9 Å². The molecule has 0 saturated carbocycles. The van der Waals surface area contributed by atoms with E-state index in [4.69, 9.17) is 12.2 Å². The molecule has 1 heterocycles. The predicted octanol–water partition coefficient (Wildman–Crippen LogP) is 4.79. The Kier molecular flexibility index (Phi) is 6.27. The van der Waals surface area contributed by atoms with Crippen LogP contribution in [0.15, 0.2) is 71.5 Å². The first-order valence-corrected chi connectivity index (χ1v) is 10.1. The van der Waals surface area contributed by atoms with Gasteiger partial charge in [-0.1, -0.05) is 64.5 Å². The Bertz CT molecular complexity index is 1060. The summed E-state index contributed by atoms with van der Waals surface area (Å²) in [5.41, 5.74) is 5.09. The summed E-state index contributed by atoms with van der Waals surface area (Å²) in [5, 5.41) is 16.8. The number of rotatable bonds is 4. The Morgan fingerprint density at radius 3 is 2.29 bits per heavy atom. The van der Waals surface area contributed by atoms with Crippen LogP contribution < -0.4 is 15.0 Å². The molecular formula is C23H21BrN2OS. The molecule has 3 nitrogen and oxygen atoms in total. The lowest BCUT2D eigenvalue weighted by atomic mass is 10.1. The highest BCUT2D eigenvalue weighted by atomic mass is 79.9. The molecule has 0 aliphatic heterocycles. The van der Waals surface area contributed by atoms with E-state index in [1.807, 2.05) is 81.7 Å². The first-order chi connectivity index (χ1) is 13.4. The van der Waals surface area contributed by atoms with Crippen molar-refractivity contribution in [2.75, 3.05) is 5.32 Å². The third-order valence-corrected chi connectivity index (χ3v) is 5.46. The lowest BCUT2D eigenvalue weighted by Gasteiger charge is -2.19. The van der Waals surface area contributed by atoms with Gasteiger partial charge in [0, 0.05) is 21.8 Å². The van der Waals surface area contributed by atoms with Crippen molar-refractivity contribution < 1.29 is 9.67 Å². The summed E-state index contributed by atoms with van der Waals surface area (Å²) in [6, 6.07) is 17.3. The van der Waals surface area contributed by atoms with Gasteiger partial charge in [-0.3, -0.25) is 0 Å². The summed E-state index contributed by atoms with van der Waals surface area (Å²) in [4.78, 5) is 0.383. The largest absolute Gasteiger partial charge is 0.867 e. The van der Waals surface area contributed by atoms with E-state index in [-0.39, 0.29) is 5.76 Å². The van der Waals surface area contributed by atoms with Gasteiger partial charge in [-0.2, -0.15) is 4.57 Å². The highest BCUT2D eigenvalue weighted by molar-refractivity contribution is 9.10. The van der Waals surface area contributed by atoms with Crippen LogP contribution >= 0.6 is 28.1 Å². The zero-order valence-electron chi connectivity index (χ0n) is 16.0. The van der Waals surface area contributed by atoms with Crippen LogP contribution in [0.1, 0.15) is 22.3 Å². The van der Waals surface area contributed by atoms with Crippen molar-refractivity contribution in [3.05, 3.63) is 93.7 Å². The highest BCUT2D eigenvalue weighted by Crippen LogP contribution is 2.25. The molecule has 0 saturated heterocycles. The smallest absolute Gasteiger partial charge is 0.238 e. The normalized spacial score (nSPS) is 11.7. The van der Waals surface area contributed by atoms with Gasteiger partial charge < -0.3 is 10.4 Å². The highest BCUT2D eigenvalue weighted by Gasteiger charge is 2.21. The topological polar surface area (TPSA) is 39.0 Å². The van der Waals surface area contributed by atoms with E-state index in [9.17, 15) is 5.11 Å². The van der Waals surface area contributed by atoms with Gasteiger partial charge in [-0.05, 0) is 55.4 Å². The Morgan fingerprint density at radius 2 is 1.64 bits per heavy atom. The number of halogens is 1.